The molecule has 0 aliphatic carbocycles. The number of rotatable bonds is 5. The maximum atomic E-state index is 12.3. The third kappa shape index (κ3) is 3.46. The Labute approximate surface area is 133 Å². The van der Waals surface area contributed by atoms with Crippen molar-refractivity contribution < 1.29 is 9.59 Å². The number of nitrogens with zero attached hydrogens (tertiary/aromatic N) is 2. The first kappa shape index (κ1) is 16.0. The molecule has 1 aromatic carbocycles. The van der Waals surface area contributed by atoms with Crippen LogP contribution in [-0.4, -0.2) is 39.8 Å². The van der Waals surface area contributed by atoms with Gasteiger partial charge in [0.2, 0.25) is 0 Å². The summed E-state index contributed by atoms with van der Waals surface area (Å²) in [6.45, 7) is 4.88. The summed E-state index contributed by atoms with van der Waals surface area (Å²) in [6.07, 6.45) is 1.34. The fourth-order valence-electron chi connectivity index (χ4n) is 2.02. The van der Waals surface area contributed by atoms with Crippen molar-refractivity contribution in [3.8, 4) is 0 Å². The number of H-pyrrole nitrogens is 1. The summed E-state index contributed by atoms with van der Waals surface area (Å²) in [5.41, 5.74) is 0.848. The van der Waals surface area contributed by atoms with Crippen LogP contribution >= 0.6 is 11.6 Å². The molecule has 1 heterocycles. The van der Waals surface area contributed by atoms with Crippen molar-refractivity contribution in [2.75, 3.05) is 18.4 Å². The van der Waals surface area contributed by atoms with Crippen LogP contribution in [0.25, 0.3) is 0 Å². The molecule has 6 nitrogen and oxygen atoms in total. The van der Waals surface area contributed by atoms with Crippen molar-refractivity contribution >= 4 is 29.1 Å². The molecule has 2 aromatic rings. The van der Waals surface area contributed by atoms with Gasteiger partial charge in [-0.2, -0.15) is 0 Å². The largest absolute Gasteiger partial charge is 0.340 e. The molecule has 0 fully saturated rings. The number of hydrogen-bond donors (Lipinski definition) is 2. The van der Waals surface area contributed by atoms with Gasteiger partial charge in [-0.25, -0.2) is 4.98 Å². The molecule has 0 saturated heterocycles. The van der Waals surface area contributed by atoms with E-state index < -0.39 is 5.91 Å². The van der Waals surface area contributed by atoms with E-state index >= 15 is 0 Å². The second kappa shape index (κ2) is 7.09. The lowest BCUT2D eigenvalue weighted by Gasteiger charge is -2.18. The number of amides is 2. The van der Waals surface area contributed by atoms with Crippen molar-refractivity contribution in [2.24, 2.45) is 0 Å². The Morgan fingerprint density at radius 2 is 1.86 bits per heavy atom. The molecule has 0 saturated carbocycles. The average molecular weight is 321 g/mol. The molecule has 0 unspecified atom stereocenters. The van der Waals surface area contributed by atoms with E-state index in [1.807, 2.05) is 13.8 Å². The number of halogens is 1. The van der Waals surface area contributed by atoms with E-state index in [-0.39, 0.29) is 17.3 Å². The fourth-order valence-corrected chi connectivity index (χ4v) is 2.15. The first-order valence-electron chi connectivity index (χ1n) is 6.96. The van der Waals surface area contributed by atoms with E-state index in [2.05, 4.69) is 15.3 Å². The van der Waals surface area contributed by atoms with Gasteiger partial charge in [-0.1, -0.05) is 11.6 Å². The van der Waals surface area contributed by atoms with E-state index in [1.54, 1.807) is 29.2 Å². The molecule has 0 radical (unpaired) electrons. The number of aromatic amines is 1. The summed E-state index contributed by atoms with van der Waals surface area (Å²) >= 11 is 5.80. The Morgan fingerprint density at radius 3 is 2.45 bits per heavy atom. The Balaban J connectivity index is 2.19. The Bertz CT molecular complexity index is 662. The third-order valence-electron chi connectivity index (χ3n) is 3.22. The van der Waals surface area contributed by atoms with E-state index in [4.69, 9.17) is 11.6 Å². The van der Waals surface area contributed by atoms with E-state index in [9.17, 15) is 9.59 Å². The minimum atomic E-state index is -0.445. The SMILES string of the molecule is CCN(CC)C(=O)c1[nH]cnc1C(=O)Nc1ccc(Cl)cc1. The maximum absolute atomic E-state index is 12.3. The Kier molecular flexibility index (Phi) is 5.16. The predicted molar refractivity (Wildman–Crippen MR) is 85.2 cm³/mol. The maximum Gasteiger partial charge on any atom is 0.276 e. The smallest absolute Gasteiger partial charge is 0.276 e. The zero-order valence-electron chi connectivity index (χ0n) is 12.4. The minimum absolute atomic E-state index is 0.0758. The lowest BCUT2D eigenvalue weighted by molar-refractivity contribution is 0.0762. The molecule has 116 valence electrons. The van der Waals surface area contributed by atoms with Crippen LogP contribution in [0.3, 0.4) is 0 Å². The van der Waals surface area contributed by atoms with Gasteiger partial charge in [0.05, 0.1) is 6.33 Å². The third-order valence-corrected chi connectivity index (χ3v) is 3.47. The first-order valence-corrected chi connectivity index (χ1v) is 7.34. The highest BCUT2D eigenvalue weighted by molar-refractivity contribution is 6.30. The highest BCUT2D eigenvalue weighted by Crippen LogP contribution is 2.15. The average Bonchev–Trinajstić information content (AvgIpc) is 3.00. The molecule has 2 amide bonds. The fraction of sp³-hybridized carbons (Fsp3) is 0.267. The van der Waals surface area contributed by atoms with Gasteiger partial charge in [-0.15, -0.1) is 0 Å². The molecule has 0 spiro atoms. The van der Waals surface area contributed by atoms with Gasteiger partial charge in [0.25, 0.3) is 11.8 Å². The molecule has 0 atom stereocenters. The van der Waals surface area contributed by atoms with Gasteiger partial charge in [-0.3, -0.25) is 9.59 Å². The summed E-state index contributed by atoms with van der Waals surface area (Å²) in [4.78, 5) is 33.0. The summed E-state index contributed by atoms with van der Waals surface area (Å²) in [7, 11) is 0. The number of aromatic nitrogens is 2. The number of nitrogens with one attached hydrogen (secondary N) is 2. The molecule has 22 heavy (non-hydrogen) atoms. The topological polar surface area (TPSA) is 78.1 Å². The Morgan fingerprint density at radius 1 is 1.23 bits per heavy atom. The standard InChI is InChI=1S/C15H17ClN4O2/c1-3-20(4-2)15(22)13-12(17-9-18-13)14(21)19-11-7-5-10(16)6-8-11/h5-9H,3-4H2,1-2H3,(H,17,18)(H,19,21). The number of carbonyl (C=O) groups excluding carboxylic acids is 2. The van der Waals surface area contributed by atoms with Crippen molar-refractivity contribution in [3.05, 3.63) is 47.0 Å². The molecule has 2 N–H and O–H groups in total. The van der Waals surface area contributed by atoms with E-state index in [1.165, 1.54) is 6.33 Å². The van der Waals surface area contributed by atoms with Crippen LogP contribution in [0.15, 0.2) is 30.6 Å². The quantitative estimate of drug-likeness (QED) is 0.889. The van der Waals surface area contributed by atoms with Crippen LogP contribution in [0.2, 0.25) is 5.02 Å². The predicted octanol–water partition coefficient (Wildman–Crippen LogP) is 2.80. The second-order valence-corrected chi connectivity index (χ2v) is 5.00. The monoisotopic (exact) mass is 320 g/mol. The molecule has 1 aromatic heterocycles. The second-order valence-electron chi connectivity index (χ2n) is 4.56. The number of imidazole rings is 1. The number of anilines is 1. The lowest BCUT2D eigenvalue weighted by atomic mass is 10.2. The van der Waals surface area contributed by atoms with Crippen molar-refractivity contribution in [3.63, 3.8) is 0 Å². The number of benzene rings is 1. The zero-order chi connectivity index (χ0) is 16.1. The highest BCUT2D eigenvalue weighted by Gasteiger charge is 2.23. The minimum Gasteiger partial charge on any atom is -0.340 e. The van der Waals surface area contributed by atoms with Crippen molar-refractivity contribution in [1.29, 1.82) is 0 Å². The van der Waals surface area contributed by atoms with Gasteiger partial charge in [0, 0.05) is 23.8 Å². The molecule has 2 rings (SSSR count). The number of hydrogen-bond acceptors (Lipinski definition) is 3. The van der Waals surface area contributed by atoms with Crippen LogP contribution < -0.4 is 5.32 Å². The summed E-state index contributed by atoms with van der Waals surface area (Å²) < 4.78 is 0. The molecular formula is C15H17ClN4O2. The van der Waals surface area contributed by atoms with Crippen LogP contribution in [0.5, 0.6) is 0 Å². The summed E-state index contributed by atoms with van der Waals surface area (Å²) in [5, 5.41) is 3.27. The van der Waals surface area contributed by atoms with Gasteiger partial charge in [-0.05, 0) is 38.1 Å². The van der Waals surface area contributed by atoms with Crippen molar-refractivity contribution in [1.82, 2.24) is 14.9 Å². The van der Waals surface area contributed by atoms with Gasteiger partial charge in [0.1, 0.15) is 5.69 Å². The summed E-state index contributed by atoms with van der Waals surface area (Å²) in [5.74, 6) is -0.692. The highest BCUT2D eigenvalue weighted by atomic mass is 35.5. The lowest BCUT2D eigenvalue weighted by Crippen LogP contribution is -2.32. The Hall–Kier alpha value is -2.34. The summed E-state index contributed by atoms with van der Waals surface area (Å²) in [6, 6.07) is 6.70. The van der Waals surface area contributed by atoms with E-state index in [0.29, 0.717) is 23.8 Å². The van der Waals surface area contributed by atoms with Gasteiger partial charge in [0.15, 0.2) is 5.69 Å². The van der Waals surface area contributed by atoms with Crippen LogP contribution in [0, 0.1) is 0 Å². The van der Waals surface area contributed by atoms with Gasteiger partial charge < -0.3 is 15.2 Å². The number of carbonyl (C=O) groups is 2. The molecular weight excluding hydrogens is 304 g/mol. The van der Waals surface area contributed by atoms with Crippen LogP contribution in [0.4, 0.5) is 5.69 Å². The normalized spacial score (nSPS) is 10.3. The van der Waals surface area contributed by atoms with Crippen LogP contribution in [0.1, 0.15) is 34.8 Å². The molecule has 7 heteroatoms. The van der Waals surface area contributed by atoms with Crippen LogP contribution in [-0.2, 0) is 0 Å². The van der Waals surface area contributed by atoms with Crippen molar-refractivity contribution in [2.45, 2.75) is 13.8 Å². The molecule has 0 bridgehead atoms. The van der Waals surface area contributed by atoms with Gasteiger partial charge >= 0.3 is 0 Å². The molecule has 0 aliphatic heterocycles. The zero-order valence-corrected chi connectivity index (χ0v) is 13.1. The van der Waals surface area contributed by atoms with E-state index in [0.717, 1.165) is 0 Å². The molecule has 0 aliphatic rings. The first-order chi connectivity index (χ1) is 10.6.